The van der Waals surface area contributed by atoms with Gasteiger partial charge in [0.1, 0.15) is 5.76 Å². The van der Waals surface area contributed by atoms with Gasteiger partial charge in [-0.25, -0.2) is 0 Å². The molecule has 0 saturated carbocycles. The Kier molecular flexibility index (Phi) is 5.72. The quantitative estimate of drug-likeness (QED) is 0.608. The highest BCUT2D eigenvalue weighted by atomic mass is 28.4. The van der Waals surface area contributed by atoms with Gasteiger partial charge in [-0.2, -0.15) is 0 Å². The fourth-order valence-corrected chi connectivity index (χ4v) is 8.72. The summed E-state index contributed by atoms with van der Waals surface area (Å²) in [7, 11) is -0.128. The minimum absolute atomic E-state index is 0.591. The van der Waals surface area contributed by atoms with Gasteiger partial charge in [-0.05, 0) is 41.6 Å². The molecule has 0 radical (unpaired) electrons. The van der Waals surface area contributed by atoms with Crippen LogP contribution in [0.2, 0.25) is 16.6 Å². The second-order valence-electron chi connectivity index (χ2n) is 6.34. The molecular weight excluding hydrogens is 252 g/mol. The van der Waals surface area contributed by atoms with E-state index in [1.807, 2.05) is 0 Å². The molecule has 19 heavy (non-hydrogen) atoms. The van der Waals surface area contributed by atoms with Crippen molar-refractivity contribution in [2.24, 2.45) is 0 Å². The number of hydrogen-bond acceptors (Lipinski definition) is 2. The summed E-state index contributed by atoms with van der Waals surface area (Å²) in [4.78, 5) is 0. The van der Waals surface area contributed by atoms with Gasteiger partial charge in [0.05, 0.1) is 7.11 Å². The number of allylic oxidation sites excluding steroid dienone is 2. The van der Waals surface area contributed by atoms with Crippen molar-refractivity contribution >= 4 is 8.32 Å². The molecule has 0 aliphatic heterocycles. The Morgan fingerprint density at radius 2 is 1.26 bits per heavy atom. The minimum Gasteiger partial charge on any atom is -0.540 e. The molecule has 0 aromatic heterocycles. The van der Waals surface area contributed by atoms with Crippen LogP contribution in [0, 0.1) is 0 Å². The smallest absolute Gasteiger partial charge is 0.258 e. The SMILES string of the molecule is COC1=CCCC=C1O[Si](C(C)C)(C(C)C)C(C)C. The first-order chi connectivity index (χ1) is 8.86. The lowest BCUT2D eigenvalue weighted by atomic mass is 10.1. The van der Waals surface area contributed by atoms with Crippen molar-refractivity contribution in [1.82, 2.24) is 0 Å². The van der Waals surface area contributed by atoms with Gasteiger partial charge >= 0.3 is 0 Å². The number of methoxy groups -OCH3 is 1. The first-order valence-corrected chi connectivity index (χ1v) is 9.63. The highest BCUT2D eigenvalue weighted by molar-refractivity contribution is 6.77. The first kappa shape index (κ1) is 16.4. The van der Waals surface area contributed by atoms with E-state index in [9.17, 15) is 0 Å². The van der Waals surface area contributed by atoms with Crippen molar-refractivity contribution in [2.75, 3.05) is 7.11 Å². The van der Waals surface area contributed by atoms with Crippen LogP contribution >= 0.6 is 0 Å². The van der Waals surface area contributed by atoms with Crippen LogP contribution in [0.25, 0.3) is 0 Å². The Morgan fingerprint density at radius 3 is 1.63 bits per heavy atom. The zero-order chi connectivity index (χ0) is 14.6. The lowest BCUT2D eigenvalue weighted by molar-refractivity contribution is 0.248. The molecule has 0 unspecified atom stereocenters. The predicted molar refractivity (Wildman–Crippen MR) is 84.5 cm³/mol. The van der Waals surface area contributed by atoms with E-state index in [0.29, 0.717) is 16.6 Å². The van der Waals surface area contributed by atoms with Crippen LogP contribution in [0.1, 0.15) is 54.4 Å². The zero-order valence-electron chi connectivity index (χ0n) is 13.6. The summed E-state index contributed by atoms with van der Waals surface area (Å²) in [5.41, 5.74) is 1.77. The molecule has 0 fully saturated rings. The third-order valence-electron chi connectivity index (χ3n) is 4.28. The summed E-state index contributed by atoms with van der Waals surface area (Å²) in [6, 6.07) is 0. The van der Waals surface area contributed by atoms with E-state index in [1.165, 1.54) is 0 Å². The summed E-state index contributed by atoms with van der Waals surface area (Å²) in [5.74, 6) is 1.90. The average molecular weight is 283 g/mol. The highest BCUT2D eigenvalue weighted by Crippen LogP contribution is 2.44. The van der Waals surface area contributed by atoms with E-state index in [-0.39, 0.29) is 0 Å². The van der Waals surface area contributed by atoms with Crippen LogP contribution in [0.15, 0.2) is 23.7 Å². The van der Waals surface area contributed by atoms with Crippen molar-refractivity contribution in [2.45, 2.75) is 71.0 Å². The fraction of sp³-hybridized carbons (Fsp3) is 0.750. The maximum atomic E-state index is 6.67. The van der Waals surface area contributed by atoms with Crippen molar-refractivity contribution < 1.29 is 9.16 Å². The van der Waals surface area contributed by atoms with Crippen molar-refractivity contribution in [3.05, 3.63) is 23.7 Å². The topological polar surface area (TPSA) is 18.5 Å². The standard InChI is InChI=1S/C16H30O2Si/c1-12(2)19(13(3)4,14(5)6)18-16-11-9-8-10-15(16)17-7/h10-14H,8-9H2,1-7H3. The summed E-state index contributed by atoms with van der Waals surface area (Å²) < 4.78 is 12.2. The Morgan fingerprint density at radius 1 is 0.842 bits per heavy atom. The molecule has 0 atom stereocenters. The molecule has 0 aromatic rings. The second kappa shape index (κ2) is 6.64. The van der Waals surface area contributed by atoms with E-state index in [4.69, 9.17) is 9.16 Å². The van der Waals surface area contributed by atoms with E-state index >= 15 is 0 Å². The van der Waals surface area contributed by atoms with Crippen molar-refractivity contribution in [3.63, 3.8) is 0 Å². The molecule has 1 aliphatic carbocycles. The van der Waals surface area contributed by atoms with Gasteiger partial charge in [-0.3, -0.25) is 0 Å². The molecule has 0 spiro atoms. The summed E-state index contributed by atoms with van der Waals surface area (Å²) in [5, 5.41) is 0. The highest BCUT2D eigenvalue weighted by Gasteiger charge is 2.47. The molecule has 1 aliphatic rings. The van der Waals surface area contributed by atoms with Crippen molar-refractivity contribution in [3.8, 4) is 0 Å². The molecular formula is C16H30O2Si. The molecule has 0 amide bonds. The van der Waals surface area contributed by atoms with Crippen LogP contribution in [-0.4, -0.2) is 15.4 Å². The number of ether oxygens (including phenoxy) is 1. The molecule has 0 saturated heterocycles. The molecule has 1 rings (SSSR count). The van der Waals surface area contributed by atoms with Crippen LogP contribution in [0.5, 0.6) is 0 Å². The van der Waals surface area contributed by atoms with E-state index in [2.05, 4.69) is 53.7 Å². The molecule has 0 N–H and O–H groups in total. The van der Waals surface area contributed by atoms with Gasteiger partial charge in [0, 0.05) is 0 Å². The molecule has 0 bridgehead atoms. The summed E-state index contributed by atoms with van der Waals surface area (Å²) >= 11 is 0. The zero-order valence-corrected chi connectivity index (χ0v) is 14.6. The van der Waals surface area contributed by atoms with Gasteiger partial charge in [0.2, 0.25) is 0 Å². The van der Waals surface area contributed by atoms with Crippen molar-refractivity contribution in [1.29, 1.82) is 0 Å². The Balaban J connectivity index is 3.08. The minimum atomic E-state index is -1.86. The van der Waals surface area contributed by atoms with Crippen LogP contribution in [0.3, 0.4) is 0 Å². The van der Waals surface area contributed by atoms with Gasteiger partial charge in [0.15, 0.2) is 5.76 Å². The maximum Gasteiger partial charge on any atom is 0.258 e. The van der Waals surface area contributed by atoms with Gasteiger partial charge in [-0.1, -0.05) is 41.5 Å². The van der Waals surface area contributed by atoms with Gasteiger partial charge in [-0.15, -0.1) is 0 Å². The molecule has 110 valence electrons. The fourth-order valence-electron chi connectivity index (χ4n) is 3.45. The monoisotopic (exact) mass is 282 g/mol. The molecule has 0 heterocycles. The number of hydrogen-bond donors (Lipinski definition) is 0. The third-order valence-corrected chi connectivity index (χ3v) is 10.3. The van der Waals surface area contributed by atoms with E-state index in [1.54, 1.807) is 7.11 Å². The van der Waals surface area contributed by atoms with Crippen LogP contribution in [-0.2, 0) is 9.16 Å². The third kappa shape index (κ3) is 3.25. The lowest BCUT2D eigenvalue weighted by Crippen LogP contribution is -2.47. The summed E-state index contributed by atoms with van der Waals surface area (Å²) in [6.07, 6.45) is 6.46. The average Bonchev–Trinajstić information content (AvgIpc) is 2.34. The Hall–Kier alpha value is -0.703. The lowest BCUT2D eigenvalue weighted by Gasteiger charge is -2.43. The molecule has 0 aromatic carbocycles. The Labute approximate surface area is 120 Å². The van der Waals surface area contributed by atoms with Crippen LogP contribution < -0.4 is 0 Å². The maximum absolute atomic E-state index is 6.67. The second-order valence-corrected chi connectivity index (χ2v) is 11.7. The Bertz CT molecular complexity index is 332. The number of rotatable bonds is 6. The molecule has 3 heteroatoms. The largest absolute Gasteiger partial charge is 0.540 e. The summed E-state index contributed by atoms with van der Waals surface area (Å²) in [6.45, 7) is 13.9. The first-order valence-electron chi connectivity index (χ1n) is 7.49. The predicted octanol–water partition coefficient (Wildman–Crippen LogP) is 5.39. The van der Waals surface area contributed by atoms with E-state index < -0.39 is 8.32 Å². The van der Waals surface area contributed by atoms with E-state index in [0.717, 1.165) is 24.4 Å². The van der Waals surface area contributed by atoms with Gasteiger partial charge in [0.25, 0.3) is 8.32 Å². The van der Waals surface area contributed by atoms with Gasteiger partial charge < -0.3 is 9.16 Å². The molecule has 2 nitrogen and oxygen atoms in total. The van der Waals surface area contributed by atoms with Crippen LogP contribution in [0.4, 0.5) is 0 Å². The normalized spacial score (nSPS) is 16.7.